The molecule has 1 atom stereocenters. The van der Waals surface area contributed by atoms with Crippen LogP contribution in [0, 0.1) is 5.41 Å². The van der Waals surface area contributed by atoms with Crippen molar-refractivity contribution in [3.63, 3.8) is 0 Å². The summed E-state index contributed by atoms with van der Waals surface area (Å²) >= 11 is 0. The molecule has 3 rings (SSSR count). The van der Waals surface area contributed by atoms with Crippen molar-refractivity contribution in [1.82, 2.24) is 10.2 Å². The highest BCUT2D eigenvalue weighted by Gasteiger charge is 2.42. The summed E-state index contributed by atoms with van der Waals surface area (Å²) < 4.78 is 10.9. The zero-order valence-corrected chi connectivity index (χ0v) is 13.5. The van der Waals surface area contributed by atoms with Gasteiger partial charge in [0.15, 0.2) is 5.96 Å². The van der Waals surface area contributed by atoms with Crippen LogP contribution in [0.25, 0.3) is 0 Å². The van der Waals surface area contributed by atoms with Crippen LogP contribution in [-0.4, -0.2) is 51.3 Å². The molecule has 0 aromatic heterocycles. The predicted octanol–water partition coefficient (Wildman–Crippen LogP) is 1.88. The second-order valence-corrected chi connectivity index (χ2v) is 6.23. The minimum atomic E-state index is 0.355. The fraction of sp³-hybridized carbons (Fsp3) is 0.588. The maximum Gasteiger partial charge on any atom is 0.193 e. The molecule has 120 valence electrons. The van der Waals surface area contributed by atoms with Gasteiger partial charge in [-0.05, 0) is 30.5 Å². The minimum Gasteiger partial charge on any atom is -0.497 e. The molecule has 22 heavy (non-hydrogen) atoms. The molecule has 2 aliphatic heterocycles. The van der Waals surface area contributed by atoms with Crippen LogP contribution in [0.3, 0.4) is 0 Å². The number of likely N-dealkylation sites (tertiary alicyclic amines) is 1. The molecule has 0 radical (unpaired) electrons. The van der Waals surface area contributed by atoms with Crippen LogP contribution < -0.4 is 10.1 Å². The predicted molar refractivity (Wildman–Crippen MR) is 87.3 cm³/mol. The Labute approximate surface area is 132 Å². The Morgan fingerprint density at radius 1 is 1.45 bits per heavy atom. The first-order valence-corrected chi connectivity index (χ1v) is 7.91. The quantitative estimate of drug-likeness (QED) is 0.684. The Morgan fingerprint density at radius 2 is 2.36 bits per heavy atom. The molecule has 5 heteroatoms. The van der Waals surface area contributed by atoms with Gasteiger partial charge in [-0.25, -0.2) is 0 Å². The maximum absolute atomic E-state index is 5.60. The number of methoxy groups -OCH3 is 1. The Balaban J connectivity index is 1.58. The van der Waals surface area contributed by atoms with E-state index >= 15 is 0 Å². The number of nitrogens with zero attached hydrogens (tertiary/aromatic N) is 2. The summed E-state index contributed by atoms with van der Waals surface area (Å²) in [5.74, 6) is 1.86. The van der Waals surface area contributed by atoms with E-state index < -0.39 is 0 Å². The van der Waals surface area contributed by atoms with Gasteiger partial charge < -0.3 is 19.7 Å². The largest absolute Gasteiger partial charge is 0.497 e. The van der Waals surface area contributed by atoms with E-state index in [1.54, 1.807) is 7.11 Å². The lowest BCUT2D eigenvalue weighted by Crippen LogP contribution is -2.41. The Bertz CT molecular complexity index is 538. The second kappa shape index (κ2) is 6.57. The average molecular weight is 303 g/mol. The Morgan fingerprint density at radius 3 is 3.09 bits per heavy atom. The van der Waals surface area contributed by atoms with E-state index in [0.29, 0.717) is 5.41 Å². The number of guanidine groups is 1. The normalized spacial score (nSPS) is 25.0. The number of hydrogen-bond donors (Lipinski definition) is 1. The Kier molecular flexibility index (Phi) is 4.52. The first-order valence-electron chi connectivity index (χ1n) is 7.91. The van der Waals surface area contributed by atoms with Gasteiger partial charge in [0.05, 0.1) is 13.7 Å². The number of nitrogens with one attached hydrogen (secondary N) is 1. The van der Waals surface area contributed by atoms with Crippen molar-refractivity contribution in [1.29, 1.82) is 0 Å². The van der Waals surface area contributed by atoms with Crippen LogP contribution in [0.4, 0.5) is 0 Å². The fourth-order valence-corrected chi connectivity index (χ4v) is 3.38. The minimum absolute atomic E-state index is 0.355. The lowest BCUT2D eigenvalue weighted by Gasteiger charge is -2.25. The van der Waals surface area contributed by atoms with E-state index in [1.165, 1.54) is 18.4 Å². The van der Waals surface area contributed by atoms with Crippen LogP contribution in [0.2, 0.25) is 0 Å². The number of hydrogen-bond acceptors (Lipinski definition) is 3. The van der Waals surface area contributed by atoms with Gasteiger partial charge in [-0.15, -0.1) is 0 Å². The van der Waals surface area contributed by atoms with Gasteiger partial charge in [0, 0.05) is 38.7 Å². The first-order chi connectivity index (χ1) is 10.7. The molecule has 0 bridgehead atoms. The molecule has 5 nitrogen and oxygen atoms in total. The molecule has 1 N–H and O–H groups in total. The molecule has 2 heterocycles. The highest BCUT2D eigenvalue weighted by molar-refractivity contribution is 5.80. The average Bonchev–Trinajstić information content (AvgIpc) is 3.19. The topological polar surface area (TPSA) is 46.1 Å². The van der Waals surface area contributed by atoms with E-state index in [1.807, 2.05) is 19.2 Å². The summed E-state index contributed by atoms with van der Waals surface area (Å²) in [5, 5.41) is 3.46. The van der Waals surface area contributed by atoms with Gasteiger partial charge in [-0.3, -0.25) is 4.99 Å². The van der Waals surface area contributed by atoms with Crippen molar-refractivity contribution in [2.45, 2.75) is 19.4 Å². The maximum atomic E-state index is 5.60. The molecule has 2 fully saturated rings. The van der Waals surface area contributed by atoms with Crippen molar-refractivity contribution in [3.8, 4) is 5.75 Å². The van der Waals surface area contributed by atoms with Gasteiger partial charge in [0.2, 0.25) is 0 Å². The molecule has 1 unspecified atom stereocenters. The third kappa shape index (κ3) is 3.19. The van der Waals surface area contributed by atoms with Crippen molar-refractivity contribution < 1.29 is 9.47 Å². The summed E-state index contributed by atoms with van der Waals surface area (Å²) in [6.45, 7) is 4.66. The second-order valence-electron chi connectivity index (χ2n) is 6.23. The molecule has 2 aliphatic rings. The highest BCUT2D eigenvalue weighted by Crippen LogP contribution is 2.38. The van der Waals surface area contributed by atoms with Gasteiger partial charge in [-0.1, -0.05) is 12.1 Å². The summed E-state index contributed by atoms with van der Waals surface area (Å²) in [5.41, 5.74) is 1.55. The number of rotatable bonds is 3. The summed E-state index contributed by atoms with van der Waals surface area (Å²) in [4.78, 5) is 6.80. The lowest BCUT2D eigenvalue weighted by molar-refractivity contribution is 0.156. The van der Waals surface area contributed by atoms with Crippen LogP contribution in [0.5, 0.6) is 5.75 Å². The molecular formula is C17H25N3O2. The van der Waals surface area contributed by atoms with Gasteiger partial charge in [0.1, 0.15) is 5.75 Å². The molecule has 0 saturated carbocycles. The zero-order valence-electron chi connectivity index (χ0n) is 13.5. The van der Waals surface area contributed by atoms with Crippen LogP contribution in [0.15, 0.2) is 29.3 Å². The molecule has 0 amide bonds. The summed E-state index contributed by atoms with van der Waals surface area (Å²) in [6, 6.07) is 8.12. The molecule has 1 aromatic rings. The van der Waals surface area contributed by atoms with Gasteiger partial charge in [-0.2, -0.15) is 0 Å². The Hall–Kier alpha value is -1.75. The zero-order chi connectivity index (χ0) is 15.4. The van der Waals surface area contributed by atoms with Gasteiger partial charge in [0.25, 0.3) is 0 Å². The standard InChI is InChI=1S/C17H25N3O2/c1-18-16(19-11-14-4-3-5-15(10-14)21-2)20-8-6-17(12-20)7-9-22-13-17/h3-5,10H,6-9,11-13H2,1-2H3,(H,18,19). The molecule has 1 spiro atoms. The van der Waals surface area contributed by atoms with E-state index in [4.69, 9.17) is 9.47 Å². The van der Waals surface area contributed by atoms with Crippen LogP contribution >= 0.6 is 0 Å². The molecule has 2 saturated heterocycles. The monoisotopic (exact) mass is 303 g/mol. The third-order valence-corrected chi connectivity index (χ3v) is 4.72. The van der Waals surface area contributed by atoms with Crippen molar-refractivity contribution >= 4 is 5.96 Å². The van der Waals surface area contributed by atoms with Crippen LogP contribution in [-0.2, 0) is 11.3 Å². The molecule has 1 aromatic carbocycles. The summed E-state index contributed by atoms with van der Waals surface area (Å²) in [7, 11) is 3.54. The van der Waals surface area contributed by atoms with Crippen LogP contribution in [0.1, 0.15) is 18.4 Å². The smallest absolute Gasteiger partial charge is 0.193 e. The number of aliphatic imine (C=N–C) groups is 1. The first kappa shape index (κ1) is 15.2. The van der Waals surface area contributed by atoms with E-state index in [-0.39, 0.29) is 0 Å². The van der Waals surface area contributed by atoms with Gasteiger partial charge >= 0.3 is 0 Å². The van der Waals surface area contributed by atoms with E-state index in [0.717, 1.165) is 44.6 Å². The van der Waals surface area contributed by atoms with E-state index in [2.05, 4.69) is 27.3 Å². The van der Waals surface area contributed by atoms with Crippen molar-refractivity contribution in [2.75, 3.05) is 40.5 Å². The molecular weight excluding hydrogens is 278 g/mol. The SMILES string of the molecule is CN=C(NCc1cccc(OC)c1)N1CCC2(CCOC2)C1. The number of benzene rings is 1. The third-order valence-electron chi connectivity index (χ3n) is 4.72. The summed E-state index contributed by atoms with van der Waals surface area (Å²) in [6.07, 6.45) is 2.38. The van der Waals surface area contributed by atoms with E-state index in [9.17, 15) is 0 Å². The highest BCUT2D eigenvalue weighted by atomic mass is 16.5. The van der Waals surface area contributed by atoms with Crippen molar-refractivity contribution in [3.05, 3.63) is 29.8 Å². The number of ether oxygens (including phenoxy) is 2. The molecule has 0 aliphatic carbocycles. The van der Waals surface area contributed by atoms with Crippen molar-refractivity contribution in [2.24, 2.45) is 10.4 Å². The fourth-order valence-electron chi connectivity index (χ4n) is 3.38. The lowest BCUT2D eigenvalue weighted by atomic mass is 9.87.